The molecule has 2 aromatic rings. The number of hydrogen-bond donors (Lipinski definition) is 1. The van der Waals surface area contributed by atoms with Crippen LogP contribution in [0.5, 0.6) is 5.75 Å². The van der Waals surface area contributed by atoms with Gasteiger partial charge in [0, 0.05) is 18.0 Å². The van der Waals surface area contributed by atoms with Crippen LogP contribution in [0.25, 0.3) is 0 Å². The third kappa shape index (κ3) is 6.70. The Morgan fingerprint density at radius 1 is 1.09 bits per heavy atom. The molecule has 0 aliphatic carbocycles. The van der Waals surface area contributed by atoms with Gasteiger partial charge in [-0.15, -0.1) is 0 Å². The lowest BCUT2D eigenvalue weighted by Crippen LogP contribution is -2.25. The van der Waals surface area contributed by atoms with Gasteiger partial charge in [0.15, 0.2) is 0 Å². The Bertz CT molecular complexity index is 614. The van der Waals surface area contributed by atoms with E-state index in [-0.39, 0.29) is 11.7 Å². The zero-order chi connectivity index (χ0) is 16.5. The molecule has 0 fully saturated rings. The predicted molar refractivity (Wildman–Crippen MR) is 89.3 cm³/mol. The zero-order valence-corrected chi connectivity index (χ0v) is 13.5. The molecule has 0 unspecified atom stereocenters. The minimum absolute atomic E-state index is 0.00758. The summed E-state index contributed by atoms with van der Waals surface area (Å²) in [5.74, 6) is 0.483. The van der Waals surface area contributed by atoms with E-state index in [0.717, 1.165) is 11.3 Å². The van der Waals surface area contributed by atoms with Gasteiger partial charge in [-0.1, -0.05) is 23.7 Å². The Kier molecular flexibility index (Phi) is 6.88. The lowest BCUT2D eigenvalue weighted by atomic mass is 10.1. The molecule has 0 spiro atoms. The lowest BCUT2D eigenvalue weighted by Gasteiger charge is -2.07. The van der Waals surface area contributed by atoms with E-state index in [1.54, 1.807) is 36.4 Å². The van der Waals surface area contributed by atoms with Gasteiger partial charge in [-0.2, -0.15) is 0 Å². The largest absolute Gasteiger partial charge is 0.494 e. The summed E-state index contributed by atoms with van der Waals surface area (Å²) >= 11 is 5.79. The first-order valence-corrected chi connectivity index (χ1v) is 7.91. The third-order valence-electron chi connectivity index (χ3n) is 3.28. The van der Waals surface area contributed by atoms with Crippen LogP contribution in [-0.4, -0.2) is 19.1 Å². The van der Waals surface area contributed by atoms with Crippen LogP contribution in [0.4, 0.5) is 4.39 Å². The molecule has 0 aliphatic rings. The molecule has 1 N–H and O–H groups in total. The molecule has 5 heteroatoms. The number of halogens is 2. The maximum atomic E-state index is 12.8. The molecule has 0 saturated heterocycles. The topological polar surface area (TPSA) is 38.3 Å². The number of carbonyl (C=O) groups is 1. The van der Waals surface area contributed by atoms with E-state index in [4.69, 9.17) is 16.3 Å². The number of benzene rings is 2. The molecule has 0 bridgehead atoms. The normalized spacial score (nSPS) is 10.3. The fourth-order valence-electron chi connectivity index (χ4n) is 2.04. The summed E-state index contributed by atoms with van der Waals surface area (Å²) in [6.45, 7) is 1.02. The highest BCUT2D eigenvalue weighted by molar-refractivity contribution is 6.30. The van der Waals surface area contributed by atoms with Crippen molar-refractivity contribution in [2.75, 3.05) is 13.2 Å². The standard InChI is InChI=1S/C18H19ClFNO2/c19-15-5-9-17(10-6-15)23-13-1-2-18(22)21-12-11-14-3-7-16(20)8-4-14/h3-10H,1-2,11-13H2,(H,21,22). The molecule has 0 atom stereocenters. The Labute approximate surface area is 140 Å². The molecule has 3 nitrogen and oxygen atoms in total. The summed E-state index contributed by atoms with van der Waals surface area (Å²) in [6.07, 6.45) is 1.75. The Balaban J connectivity index is 1.56. The second kappa shape index (κ2) is 9.16. The SMILES string of the molecule is O=C(CCCOc1ccc(Cl)cc1)NCCc1ccc(F)cc1. The second-order valence-corrected chi connectivity index (χ2v) is 5.57. The highest BCUT2D eigenvalue weighted by atomic mass is 35.5. The van der Waals surface area contributed by atoms with Gasteiger partial charge in [-0.3, -0.25) is 4.79 Å². The van der Waals surface area contributed by atoms with Gasteiger partial charge >= 0.3 is 0 Å². The maximum absolute atomic E-state index is 12.8. The van der Waals surface area contributed by atoms with E-state index in [2.05, 4.69) is 5.32 Å². The number of rotatable bonds is 8. The summed E-state index contributed by atoms with van der Waals surface area (Å²) in [6, 6.07) is 13.4. The molecule has 2 aromatic carbocycles. The number of hydrogen-bond acceptors (Lipinski definition) is 2. The molecule has 2 rings (SSSR count). The van der Waals surface area contributed by atoms with Crippen LogP contribution in [-0.2, 0) is 11.2 Å². The third-order valence-corrected chi connectivity index (χ3v) is 3.53. The quantitative estimate of drug-likeness (QED) is 0.741. The minimum Gasteiger partial charge on any atom is -0.494 e. The van der Waals surface area contributed by atoms with Crippen molar-refractivity contribution in [3.8, 4) is 5.75 Å². The van der Waals surface area contributed by atoms with E-state index in [1.807, 2.05) is 0 Å². The highest BCUT2D eigenvalue weighted by Gasteiger charge is 2.02. The van der Waals surface area contributed by atoms with Crippen LogP contribution in [0.2, 0.25) is 5.02 Å². The van der Waals surface area contributed by atoms with Crippen LogP contribution >= 0.6 is 11.6 Å². The van der Waals surface area contributed by atoms with E-state index in [9.17, 15) is 9.18 Å². The fourth-order valence-corrected chi connectivity index (χ4v) is 2.17. The van der Waals surface area contributed by atoms with Crippen LogP contribution in [0.3, 0.4) is 0 Å². The first-order valence-electron chi connectivity index (χ1n) is 7.53. The van der Waals surface area contributed by atoms with Crippen LogP contribution in [0, 0.1) is 5.82 Å². The second-order valence-electron chi connectivity index (χ2n) is 5.13. The molecule has 122 valence electrons. The van der Waals surface area contributed by atoms with Gasteiger partial charge in [0.05, 0.1) is 6.61 Å². The molecule has 0 aromatic heterocycles. The summed E-state index contributed by atoms with van der Waals surface area (Å²) < 4.78 is 18.3. The van der Waals surface area contributed by atoms with Crippen LogP contribution in [0.15, 0.2) is 48.5 Å². The van der Waals surface area contributed by atoms with E-state index in [0.29, 0.717) is 37.4 Å². The minimum atomic E-state index is -0.251. The predicted octanol–water partition coefficient (Wildman–Crippen LogP) is 4.00. The molecule has 0 heterocycles. The van der Waals surface area contributed by atoms with Gasteiger partial charge in [0.2, 0.25) is 5.91 Å². The monoisotopic (exact) mass is 335 g/mol. The van der Waals surface area contributed by atoms with Crippen molar-refractivity contribution in [2.45, 2.75) is 19.3 Å². The van der Waals surface area contributed by atoms with Gasteiger partial charge in [-0.25, -0.2) is 4.39 Å². The van der Waals surface area contributed by atoms with Gasteiger partial charge in [0.25, 0.3) is 0 Å². The maximum Gasteiger partial charge on any atom is 0.220 e. The summed E-state index contributed by atoms with van der Waals surface area (Å²) in [5, 5.41) is 3.51. The molecule has 0 radical (unpaired) electrons. The van der Waals surface area contributed by atoms with Crippen LogP contribution in [0.1, 0.15) is 18.4 Å². The molecular formula is C18H19ClFNO2. The van der Waals surface area contributed by atoms with Crippen molar-refractivity contribution in [3.63, 3.8) is 0 Å². The Morgan fingerprint density at radius 3 is 2.48 bits per heavy atom. The fraction of sp³-hybridized carbons (Fsp3) is 0.278. The zero-order valence-electron chi connectivity index (χ0n) is 12.7. The summed E-state index contributed by atoms with van der Waals surface area (Å²) in [7, 11) is 0. The number of carbonyl (C=O) groups excluding carboxylic acids is 1. The van der Waals surface area contributed by atoms with Gasteiger partial charge < -0.3 is 10.1 Å². The average molecular weight is 336 g/mol. The van der Waals surface area contributed by atoms with Crippen molar-refractivity contribution in [3.05, 3.63) is 64.9 Å². The molecule has 0 aliphatic heterocycles. The number of ether oxygens (including phenoxy) is 1. The average Bonchev–Trinajstić information content (AvgIpc) is 2.55. The van der Waals surface area contributed by atoms with E-state index in [1.165, 1.54) is 12.1 Å². The highest BCUT2D eigenvalue weighted by Crippen LogP contribution is 2.15. The molecule has 1 amide bonds. The van der Waals surface area contributed by atoms with Crippen molar-refractivity contribution < 1.29 is 13.9 Å². The van der Waals surface area contributed by atoms with Crippen molar-refractivity contribution >= 4 is 17.5 Å². The molecule has 0 saturated carbocycles. The van der Waals surface area contributed by atoms with Crippen molar-refractivity contribution in [1.82, 2.24) is 5.32 Å². The first-order chi connectivity index (χ1) is 11.1. The van der Waals surface area contributed by atoms with Gasteiger partial charge in [-0.05, 0) is 54.8 Å². The smallest absolute Gasteiger partial charge is 0.220 e. The van der Waals surface area contributed by atoms with Crippen LogP contribution < -0.4 is 10.1 Å². The van der Waals surface area contributed by atoms with E-state index >= 15 is 0 Å². The Hall–Kier alpha value is -2.07. The summed E-state index contributed by atoms with van der Waals surface area (Å²) in [5.41, 5.74) is 0.998. The Morgan fingerprint density at radius 2 is 1.78 bits per heavy atom. The number of amides is 1. The van der Waals surface area contributed by atoms with Gasteiger partial charge in [0.1, 0.15) is 11.6 Å². The number of nitrogens with one attached hydrogen (secondary N) is 1. The lowest BCUT2D eigenvalue weighted by molar-refractivity contribution is -0.121. The molecule has 23 heavy (non-hydrogen) atoms. The van der Waals surface area contributed by atoms with Crippen molar-refractivity contribution in [1.29, 1.82) is 0 Å². The summed E-state index contributed by atoms with van der Waals surface area (Å²) in [4.78, 5) is 11.7. The first kappa shape index (κ1) is 17.3. The van der Waals surface area contributed by atoms with E-state index < -0.39 is 0 Å². The van der Waals surface area contributed by atoms with Crippen molar-refractivity contribution in [2.24, 2.45) is 0 Å². The molecular weight excluding hydrogens is 317 g/mol.